The fourth-order valence-electron chi connectivity index (χ4n) is 2.41. The summed E-state index contributed by atoms with van der Waals surface area (Å²) in [6.07, 6.45) is 5.00. The Bertz CT molecular complexity index is 358. The van der Waals surface area contributed by atoms with Crippen LogP contribution >= 0.6 is 24.0 Å². The maximum atomic E-state index is 11.7. The van der Waals surface area contributed by atoms with E-state index in [1.807, 2.05) is 20.8 Å². The fraction of sp³-hybridized carbons (Fsp3) is 0.875. The first-order chi connectivity index (χ1) is 9.82. The molecule has 3 N–H and O–H groups in total. The van der Waals surface area contributed by atoms with Gasteiger partial charge < -0.3 is 16.0 Å². The van der Waals surface area contributed by atoms with Crippen LogP contribution in [0.25, 0.3) is 0 Å². The summed E-state index contributed by atoms with van der Waals surface area (Å²) in [6, 6.07) is 0.525. The van der Waals surface area contributed by atoms with E-state index in [1.54, 1.807) is 7.05 Å². The van der Waals surface area contributed by atoms with Crippen LogP contribution in [0.15, 0.2) is 4.99 Å². The zero-order chi connectivity index (χ0) is 15.9. The average Bonchev–Trinajstić information content (AvgIpc) is 2.43. The smallest absolute Gasteiger partial charge is 0.225 e. The lowest BCUT2D eigenvalue weighted by Crippen LogP contribution is -2.47. The molecule has 0 saturated heterocycles. The van der Waals surface area contributed by atoms with Crippen molar-refractivity contribution in [2.75, 3.05) is 20.1 Å². The molecule has 1 aliphatic rings. The van der Waals surface area contributed by atoms with Crippen molar-refractivity contribution in [1.29, 1.82) is 0 Å². The van der Waals surface area contributed by atoms with Gasteiger partial charge in [0, 0.05) is 31.6 Å². The van der Waals surface area contributed by atoms with Crippen molar-refractivity contribution in [3.8, 4) is 0 Å². The minimum Gasteiger partial charge on any atom is -0.355 e. The lowest BCUT2D eigenvalue weighted by Gasteiger charge is -2.28. The van der Waals surface area contributed by atoms with E-state index in [2.05, 4.69) is 27.9 Å². The number of nitrogens with one attached hydrogen (secondary N) is 3. The first-order valence-electron chi connectivity index (χ1n) is 8.08. The van der Waals surface area contributed by atoms with Crippen molar-refractivity contribution in [1.82, 2.24) is 16.0 Å². The third-order valence-electron chi connectivity index (χ3n) is 3.96. The third kappa shape index (κ3) is 8.19. The molecule has 5 nitrogen and oxygen atoms in total. The van der Waals surface area contributed by atoms with E-state index in [0.29, 0.717) is 19.1 Å². The highest BCUT2D eigenvalue weighted by Gasteiger charge is 2.21. The number of carbonyl (C=O) groups excluding carboxylic acids is 1. The standard InChI is InChI=1S/C16H32N4O.HI/c1-12-6-8-13(9-7-12)20-15(17-5)19-11-10-18-14(21)16(2,3)4;/h12-13H,6-11H2,1-5H3,(H,18,21)(H2,17,19,20);1H. The van der Waals surface area contributed by atoms with Gasteiger partial charge in [0.05, 0.1) is 0 Å². The largest absolute Gasteiger partial charge is 0.355 e. The van der Waals surface area contributed by atoms with E-state index in [4.69, 9.17) is 0 Å². The zero-order valence-electron chi connectivity index (χ0n) is 14.7. The Morgan fingerprint density at radius 3 is 2.14 bits per heavy atom. The molecule has 6 heteroatoms. The monoisotopic (exact) mass is 424 g/mol. The Hall–Kier alpha value is -0.530. The molecular weight excluding hydrogens is 391 g/mol. The van der Waals surface area contributed by atoms with Gasteiger partial charge in [-0.25, -0.2) is 0 Å². The van der Waals surface area contributed by atoms with E-state index < -0.39 is 0 Å². The molecule has 0 unspecified atom stereocenters. The molecule has 1 fully saturated rings. The molecule has 0 aliphatic heterocycles. The number of carbonyl (C=O) groups is 1. The Morgan fingerprint density at radius 2 is 1.64 bits per heavy atom. The number of nitrogens with zero attached hydrogens (tertiary/aromatic N) is 1. The number of guanidine groups is 1. The first-order valence-corrected chi connectivity index (χ1v) is 8.08. The predicted octanol–water partition coefficient (Wildman–Crippen LogP) is 2.51. The van der Waals surface area contributed by atoms with Crippen molar-refractivity contribution < 1.29 is 4.79 Å². The van der Waals surface area contributed by atoms with Crippen molar-refractivity contribution >= 4 is 35.8 Å². The Kier molecular flexibility index (Phi) is 10.0. The van der Waals surface area contributed by atoms with Gasteiger partial charge in [0.1, 0.15) is 0 Å². The maximum absolute atomic E-state index is 11.7. The van der Waals surface area contributed by atoms with Gasteiger partial charge in [-0.15, -0.1) is 24.0 Å². The van der Waals surface area contributed by atoms with Crippen molar-refractivity contribution in [3.05, 3.63) is 0 Å². The number of halogens is 1. The van der Waals surface area contributed by atoms with Crippen LogP contribution in [0, 0.1) is 11.3 Å². The van der Waals surface area contributed by atoms with Crippen molar-refractivity contribution in [2.24, 2.45) is 16.3 Å². The summed E-state index contributed by atoms with van der Waals surface area (Å²) in [4.78, 5) is 16.0. The first kappa shape index (κ1) is 21.5. The predicted molar refractivity (Wildman–Crippen MR) is 104 cm³/mol. The van der Waals surface area contributed by atoms with Crippen LogP contribution in [0.5, 0.6) is 0 Å². The van der Waals surface area contributed by atoms with Gasteiger partial charge in [-0.05, 0) is 31.6 Å². The van der Waals surface area contributed by atoms with Crippen LogP contribution < -0.4 is 16.0 Å². The van der Waals surface area contributed by atoms with Crippen LogP contribution in [0.3, 0.4) is 0 Å². The Balaban J connectivity index is 0.00000441. The van der Waals surface area contributed by atoms with Crippen molar-refractivity contribution in [3.63, 3.8) is 0 Å². The molecule has 1 rings (SSSR count). The van der Waals surface area contributed by atoms with Crippen LogP contribution in [0.4, 0.5) is 0 Å². The van der Waals surface area contributed by atoms with Gasteiger partial charge in [-0.2, -0.15) is 0 Å². The lowest BCUT2D eigenvalue weighted by molar-refractivity contribution is -0.128. The summed E-state index contributed by atoms with van der Waals surface area (Å²) in [5.41, 5.74) is -0.335. The van der Waals surface area contributed by atoms with Gasteiger partial charge in [-0.3, -0.25) is 9.79 Å². The maximum Gasteiger partial charge on any atom is 0.225 e. The number of rotatable bonds is 4. The van der Waals surface area contributed by atoms with E-state index in [9.17, 15) is 4.79 Å². The number of hydrogen-bond donors (Lipinski definition) is 3. The molecule has 0 aromatic carbocycles. The SMILES string of the molecule is CN=C(NCCNC(=O)C(C)(C)C)NC1CCC(C)CC1.I. The quantitative estimate of drug-likeness (QED) is 0.281. The second-order valence-corrected chi connectivity index (χ2v) is 7.11. The molecule has 1 aliphatic carbocycles. The van der Waals surface area contributed by atoms with E-state index in [0.717, 1.165) is 11.9 Å². The number of aliphatic imine (C=N–C) groups is 1. The second-order valence-electron chi connectivity index (χ2n) is 7.11. The van der Waals surface area contributed by atoms with Gasteiger partial charge in [0.2, 0.25) is 5.91 Å². The highest BCUT2D eigenvalue weighted by atomic mass is 127. The van der Waals surface area contributed by atoms with Gasteiger partial charge in [0.15, 0.2) is 5.96 Å². The summed E-state index contributed by atoms with van der Waals surface area (Å²) in [6.45, 7) is 9.37. The molecule has 0 radical (unpaired) electrons. The van der Waals surface area contributed by atoms with Crippen LogP contribution in [-0.4, -0.2) is 38.0 Å². The fourth-order valence-corrected chi connectivity index (χ4v) is 2.41. The highest BCUT2D eigenvalue weighted by Crippen LogP contribution is 2.23. The second kappa shape index (κ2) is 10.3. The van der Waals surface area contributed by atoms with E-state index in [-0.39, 0.29) is 35.3 Å². The summed E-state index contributed by atoms with van der Waals surface area (Å²) in [5, 5.41) is 9.66. The summed E-state index contributed by atoms with van der Waals surface area (Å²) in [5.74, 6) is 1.76. The highest BCUT2D eigenvalue weighted by molar-refractivity contribution is 14.0. The number of hydrogen-bond acceptors (Lipinski definition) is 2. The molecular formula is C16H33IN4O. The van der Waals surface area contributed by atoms with Gasteiger partial charge in [-0.1, -0.05) is 27.7 Å². The molecule has 130 valence electrons. The van der Waals surface area contributed by atoms with Crippen molar-refractivity contribution in [2.45, 2.75) is 59.4 Å². The average molecular weight is 424 g/mol. The van der Waals surface area contributed by atoms with Crippen LogP contribution in [0.2, 0.25) is 0 Å². The summed E-state index contributed by atoms with van der Waals surface area (Å²) < 4.78 is 0. The molecule has 0 aromatic rings. The normalized spacial score (nSPS) is 22.5. The zero-order valence-corrected chi connectivity index (χ0v) is 17.0. The number of amides is 1. The molecule has 0 aromatic heterocycles. The van der Waals surface area contributed by atoms with Crippen LogP contribution in [0.1, 0.15) is 53.4 Å². The molecule has 0 atom stereocenters. The van der Waals surface area contributed by atoms with Gasteiger partial charge in [0.25, 0.3) is 0 Å². The molecule has 1 amide bonds. The Morgan fingerprint density at radius 1 is 1.09 bits per heavy atom. The lowest BCUT2D eigenvalue weighted by atomic mass is 9.87. The molecule has 0 bridgehead atoms. The molecule has 1 saturated carbocycles. The minimum atomic E-state index is -0.335. The third-order valence-corrected chi connectivity index (χ3v) is 3.96. The summed E-state index contributed by atoms with van der Waals surface area (Å²) >= 11 is 0. The van der Waals surface area contributed by atoms with Gasteiger partial charge >= 0.3 is 0 Å². The Labute approximate surface area is 152 Å². The topological polar surface area (TPSA) is 65.5 Å². The molecule has 0 heterocycles. The van der Waals surface area contributed by atoms with E-state index in [1.165, 1.54) is 25.7 Å². The summed E-state index contributed by atoms with van der Waals surface area (Å²) in [7, 11) is 1.79. The van der Waals surface area contributed by atoms with Crippen LogP contribution in [-0.2, 0) is 4.79 Å². The molecule has 22 heavy (non-hydrogen) atoms. The molecule has 0 spiro atoms. The van der Waals surface area contributed by atoms with E-state index >= 15 is 0 Å². The minimum absolute atomic E-state index is 0.